The second-order valence-corrected chi connectivity index (χ2v) is 13.4. The summed E-state index contributed by atoms with van der Waals surface area (Å²) in [6, 6.07) is 12.4. The smallest absolute Gasteiger partial charge is 0.407 e. The van der Waals surface area contributed by atoms with Crippen LogP contribution in [-0.4, -0.2) is 123 Å². The van der Waals surface area contributed by atoms with Gasteiger partial charge in [0, 0.05) is 26.7 Å². The molecule has 0 radical (unpaired) electrons. The van der Waals surface area contributed by atoms with E-state index in [1.807, 2.05) is 48.5 Å². The molecular weight excluding hydrogens is 754 g/mol. The average Bonchev–Trinajstić information content (AvgIpc) is 3.47. The van der Waals surface area contributed by atoms with Crippen LogP contribution in [-0.2, 0) is 66.7 Å². The predicted molar refractivity (Wildman–Crippen MR) is 193 cm³/mol. The van der Waals surface area contributed by atoms with Gasteiger partial charge in [0.15, 0.2) is 30.7 Å². The molecule has 1 saturated heterocycles. The van der Waals surface area contributed by atoms with E-state index in [-0.39, 0.29) is 12.5 Å². The number of nitrogens with one attached hydrogen (secondary N) is 3. The van der Waals surface area contributed by atoms with Gasteiger partial charge < -0.3 is 54.2 Å². The number of aliphatic carboxylic acids is 1. The minimum atomic E-state index is -1.85. The van der Waals surface area contributed by atoms with Crippen molar-refractivity contribution in [2.45, 2.75) is 83.3 Å². The van der Waals surface area contributed by atoms with Gasteiger partial charge in [0.2, 0.25) is 11.8 Å². The van der Waals surface area contributed by atoms with E-state index >= 15 is 0 Å². The number of hydrogen-bond acceptors (Lipinski definition) is 15. The number of carbonyl (C=O) groups excluding carboxylic acids is 7. The van der Waals surface area contributed by atoms with Gasteiger partial charge in [-0.15, -0.1) is 0 Å². The number of methoxy groups -OCH3 is 1. The largest absolute Gasteiger partial charge is 0.480 e. The number of carboxylic acid groups (broad SMARTS) is 1. The highest BCUT2D eigenvalue weighted by atomic mass is 16.7. The molecule has 2 aliphatic rings. The fourth-order valence-electron chi connectivity index (χ4n) is 6.44. The Morgan fingerprint density at radius 1 is 0.754 bits per heavy atom. The summed E-state index contributed by atoms with van der Waals surface area (Å²) < 4.78 is 37.7. The highest BCUT2D eigenvalue weighted by Gasteiger charge is 2.55. The Kier molecular flexibility index (Phi) is 15.1. The molecule has 0 spiro atoms. The Morgan fingerprint density at radius 3 is 1.82 bits per heavy atom. The number of amides is 3. The van der Waals surface area contributed by atoms with Gasteiger partial charge in [-0.25, -0.2) is 9.59 Å². The molecular formula is C38H45N3O16. The molecule has 57 heavy (non-hydrogen) atoms. The van der Waals surface area contributed by atoms with Crippen molar-refractivity contribution >= 4 is 47.8 Å². The van der Waals surface area contributed by atoms with Crippen LogP contribution in [0.15, 0.2) is 48.5 Å². The van der Waals surface area contributed by atoms with E-state index in [1.54, 1.807) is 13.8 Å². The van der Waals surface area contributed by atoms with Crippen LogP contribution in [0.5, 0.6) is 0 Å². The summed E-state index contributed by atoms with van der Waals surface area (Å²) in [5.74, 6) is -8.17. The summed E-state index contributed by atoms with van der Waals surface area (Å²) in [5, 5.41) is 16.3. The van der Waals surface area contributed by atoms with Crippen molar-refractivity contribution in [2.75, 3.05) is 26.9 Å². The zero-order valence-corrected chi connectivity index (χ0v) is 32.0. The van der Waals surface area contributed by atoms with Gasteiger partial charge in [0.25, 0.3) is 0 Å². The molecule has 2 aromatic carbocycles. The zero-order valence-electron chi connectivity index (χ0n) is 32.0. The van der Waals surface area contributed by atoms with Crippen molar-refractivity contribution in [2.24, 2.45) is 5.92 Å². The van der Waals surface area contributed by atoms with Gasteiger partial charge in [-0.3, -0.25) is 28.8 Å². The van der Waals surface area contributed by atoms with E-state index in [9.17, 15) is 43.5 Å². The van der Waals surface area contributed by atoms with Gasteiger partial charge >= 0.3 is 35.9 Å². The van der Waals surface area contributed by atoms with Crippen molar-refractivity contribution in [1.29, 1.82) is 0 Å². The summed E-state index contributed by atoms with van der Waals surface area (Å²) in [6.07, 6.45) is -9.73. The maximum Gasteiger partial charge on any atom is 0.407 e. The monoisotopic (exact) mass is 799 g/mol. The van der Waals surface area contributed by atoms with E-state index < -0.39 is 110 Å². The van der Waals surface area contributed by atoms with Crippen LogP contribution >= 0.6 is 0 Å². The van der Waals surface area contributed by atoms with Crippen molar-refractivity contribution in [3.63, 3.8) is 0 Å². The number of rotatable bonds is 16. The summed E-state index contributed by atoms with van der Waals surface area (Å²) in [5.41, 5.74) is 3.97. The molecule has 7 atom stereocenters. The second kappa shape index (κ2) is 19.7. The molecule has 3 amide bonds. The fraction of sp³-hybridized carbons (Fsp3) is 0.474. The quantitative estimate of drug-likeness (QED) is 0.136. The summed E-state index contributed by atoms with van der Waals surface area (Å²) >= 11 is 0. The minimum absolute atomic E-state index is 0.0511. The second-order valence-electron chi connectivity index (χ2n) is 13.4. The lowest BCUT2D eigenvalue weighted by atomic mass is 9.97. The molecule has 1 heterocycles. The third-order valence-electron chi connectivity index (χ3n) is 8.87. The number of ether oxygens (including phenoxy) is 7. The van der Waals surface area contributed by atoms with Crippen molar-refractivity contribution in [3.05, 3.63) is 59.7 Å². The number of carbonyl (C=O) groups is 8. The summed E-state index contributed by atoms with van der Waals surface area (Å²) in [6.45, 7) is 4.46. The standard InChI is InChI=1S/C38H45N3O16/c1-18(2)29(41-38(50)53-16-26-24-13-9-7-11-22(24)23-12-8-10-14-25(23)26)35(48)40-27(34(47)39-15-28(45)46)17-52-37-33(56-21(5)44)31(55-20(4)43)30(54-19(3)42)32(57-37)36(49)51-6/h7-14,18,26-27,29-33,37H,15-17H2,1-6H3,(H,39,47)(H,40,48)(H,41,50)(H,45,46)/t27-,29-,30-,31-,32-,33+,37+/m0/s1. The molecule has 4 rings (SSSR count). The molecule has 1 aliphatic heterocycles. The zero-order chi connectivity index (χ0) is 42.0. The summed E-state index contributed by atoms with van der Waals surface area (Å²) in [4.78, 5) is 101. The van der Waals surface area contributed by atoms with E-state index in [4.69, 9.17) is 33.2 Å². The van der Waals surface area contributed by atoms with E-state index in [0.29, 0.717) is 0 Å². The van der Waals surface area contributed by atoms with Crippen LogP contribution in [0.2, 0.25) is 0 Å². The normalized spacial score (nSPS) is 20.7. The Balaban J connectivity index is 1.53. The van der Waals surface area contributed by atoms with Gasteiger partial charge in [-0.05, 0) is 28.2 Å². The van der Waals surface area contributed by atoms with E-state index in [1.165, 1.54) is 0 Å². The first-order valence-corrected chi connectivity index (χ1v) is 17.8. The fourth-order valence-corrected chi connectivity index (χ4v) is 6.44. The lowest BCUT2D eigenvalue weighted by Gasteiger charge is -2.43. The molecule has 1 aliphatic carbocycles. The number of alkyl carbamates (subject to hydrolysis) is 1. The summed E-state index contributed by atoms with van der Waals surface area (Å²) in [7, 11) is 0.992. The van der Waals surface area contributed by atoms with Gasteiger partial charge in [-0.1, -0.05) is 62.4 Å². The van der Waals surface area contributed by atoms with Crippen LogP contribution in [0, 0.1) is 5.92 Å². The Hall–Kier alpha value is -6.08. The topological polar surface area (TPSA) is 257 Å². The SMILES string of the molecule is COC(=O)[C@H]1O[C@@H](OC[C@H](NC(=O)[C@@H](NC(=O)OCC2c3ccccc3-c3ccccc32)C(C)C)C(=O)NCC(=O)O)[C@H](OC(C)=O)[C@@H](OC(C)=O)[C@@H]1OC(C)=O. The Bertz CT molecular complexity index is 1800. The maximum absolute atomic E-state index is 13.7. The molecule has 0 aromatic heterocycles. The van der Waals surface area contributed by atoms with Crippen LogP contribution in [0.4, 0.5) is 4.79 Å². The molecule has 1 fully saturated rings. The number of carboxylic acids is 1. The van der Waals surface area contributed by atoms with Crippen LogP contribution in [0.25, 0.3) is 11.1 Å². The molecule has 0 bridgehead atoms. The highest BCUT2D eigenvalue weighted by molar-refractivity contribution is 5.92. The molecule has 0 unspecified atom stereocenters. The number of hydrogen-bond donors (Lipinski definition) is 4. The maximum atomic E-state index is 13.7. The number of benzene rings is 2. The van der Waals surface area contributed by atoms with Crippen molar-refractivity contribution in [3.8, 4) is 11.1 Å². The van der Waals surface area contributed by atoms with Gasteiger partial charge in [0.05, 0.1) is 13.7 Å². The first kappa shape index (κ1) is 43.6. The molecule has 2 aromatic rings. The Labute approximate surface area is 326 Å². The molecule has 308 valence electrons. The predicted octanol–water partition coefficient (Wildman–Crippen LogP) is 0.945. The van der Waals surface area contributed by atoms with Gasteiger partial charge in [0.1, 0.15) is 25.2 Å². The molecule has 19 heteroatoms. The first-order chi connectivity index (χ1) is 27.0. The third-order valence-corrected chi connectivity index (χ3v) is 8.87. The van der Waals surface area contributed by atoms with Crippen LogP contribution < -0.4 is 16.0 Å². The van der Waals surface area contributed by atoms with Crippen LogP contribution in [0.3, 0.4) is 0 Å². The van der Waals surface area contributed by atoms with Gasteiger partial charge in [-0.2, -0.15) is 0 Å². The average molecular weight is 800 g/mol. The molecule has 0 saturated carbocycles. The van der Waals surface area contributed by atoms with Crippen LogP contribution in [0.1, 0.15) is 51.7 Å². The number of esters is 4. The number of fused-ring (bicyclic) bond motifs is 3. The van der Waals surface area contributed by atoms with E-state index in [2.05, 4.69) is 16.0 Å². The minimum Gasteiger partial charge on any atom is -0.480 e. The molecule has 4 N–H and O–H groups in total. The first-order valence-electron chi connectivity index (χ1n) is 17.8. The lowest BCUT2D eigenvalue weighted by Crippen LogP contribution is -2.64. The molecule has 19 nitrogen and oxygen atoms in total. The van der Waals surface area contributed by atoms with Crippen molar-refractivity contribution in [1.82, 2.24) is 16.0 Å². The van der Waals surface area contributed by atoms with E-state index in [0.717, 1.165) is 50.1 Å². The highest BCUT2D eigenvalue weighted by Crippen LogP contribution is 2.44. The van der Waals surface area contributed by atoms with Crippen molar-refractivity contribution < 1.29 is 76.6 Å². The Morgan fingerprint density at radius 2 is 1.30 bits per heavy atom. The lowest BCUT2D eigenvalue weighted by molar-refractivity contribution is -0.302. The third kappa shape index (κ3) is 11.3.